The first-order valence-corrected chi connectivity index (χ1v) is 5.48. The number of pyridine rings is 1. The molecule has 0 saturated carbocycles. The van der Waals surface area contributed by atoms with Crippen molar-refractivity contribution in [3.8, 4) is 0 Å². The van der Waals surface area contributed by atoms with Crippen molar-refractivity contribution in [3.63, 3.8) is 0 Å². The number of carbonyl (C=O) groups excluding carboxylic acids is 1. The van der Waals surface area contributed by atoms with Crippen LogP contribution in [0.2, 0.25) is 5.15 Å². The average molecular weight is 257 g/mol. The Morgan fingerprint density at radius 2 is 2.18 bits per heavy atom. The van der Waals surface area contributed by atoms with Crippen LogP contribution in [0.15, 0.2) is 18.3 Å². The van der Waals surface area contributed by atoms with Gasteiger partial charge in [-0.3, -0.25) is 9.59 Å². The minimum atomic E-state index is -0.904. The van der Waals surface area contributed by atoms with Crippen molar-refractivity contribution in [3.05, 3.63) is 23.5 Å². The fourth-order valence-corrected chi connectivity index (χ4v) is 1.46. The Balaban J connectivity index is 2.44. The summed E-state index contributed by atoms with van der Waals surface area (Å²) in [5.74, 6) is -1.34. The molecule has 1 atom stereocenters. The van der Waals surface area contributed by atoms with Crippen molar-refractivity contribution in [1.82, 2.24) is 4.98 Å². The quantitative estimate of drug-likeness (QED) is 0.792. The van der Waals surface area contributed by atoms with Crippen molar-refractivity contribution in [2.45, 2.75) is 19.8 Å². The number of hydrogen-bond donors (Lipinski definition) is 2. The monoisotopic (exact) mass is 256 g/mol. The van der Waals surface area contributed by atoms with Gasteiger partial charge in [0.1, 0.15) is 5.15 Å². The van der Waals surface area contributed by atoms with E-state index < -0.39 is 5.97 Å². The molecular weight excluding hydrogens is 244 g/mol. The summed E-state index contributed by atoms with van der Waals surface area (Å²) in [6.07, 6.45) is 1.59. The third kappa shape index (κ3) is 5.31. The van der Waals surface area contributed by atoms with E-state index in [0.717, 1.165) is 0 Å². The van der Waals surface area contributed by atoms with Crippen molar-refractivity contribution in [1.29, 1.82) is 0 Å². The number of nitrogens with one attached hydrogen (secondary N) is 1. The Bertz CT molecular complexity index is 406. The Kier molecular flexibility index (Phi) is 4.90. The molecule has 2 N–H and O–H groups in total. The lowest BCUT2D eigenvalue weighted by molar-refractivity contribution is -0.138. The molecule has 1 heterocycles. The van der Waals surface area contributed by atoms with E-state index in [9.17, 15) is 9.59 Å². The van der Waals surface area contributed by atoms with Crippen molar-refractivity contribution < 1.29 is 14.7 Å². The summed E-state index contributed by atoms with van der Waals surface area (Å²) in [4.78, 5) is 25.8. The summed E-state index contributed by atoms with van der Waals surface area (Å²) in [5, 5.41) is 11.5. The largest absolute Gasteiger partial charge is 0.481 e. The fourth-order valence-electron chi connectivity index (χ4n) is 1.35. The maximum Gasteiger partial charge on any atom is 0.303 e. The zero-order valence-corrected chi connectivity index (χ0v) is 10.1. The molecule has 0 aliphatic heterocycles. The summed E-state index contributed by atoms with van der Waals surface area (Å²) < 4.78 is 0. The van der Waals surface area contributed by atoms with Crippen LogP contribution in [0.1, 0.15) is 19.8 Å². The molecule has 1 aromatic rings. The Labute approximate surface area is 104 Å². The number of carbonyl (C=O) groups is 2. The lowest BCUT2D eigenvalue weighted by Gasteiger charge is -2.09. The number of halogens is 1. The molecule has 6 heteroatoms. The molecule has 92 valence electrons. The number of nitrogens with zero attached hydrogens (tertiary/aromatic N) is 1. The molecule has 0 aliphatic rings. The Morgan fingerprint density at radius 1 is 1.47 bits per heavy atom. The van der Waals surface area contributed by atoms with Gasteiger partial charge in [0.15, 0.2) is 0 Å². The molecule has 17 heavy (non-hydrogen) atoms. The molecule has 0 aliphatic carbocycles. The van der Waals surface area contributed by atoms with Crippen LogP contribution in [-0.2, 0) is 9.59 Å². The van der Waals surface area contributed by atoms with Crippen molar-refractivity contribution >= 4 is 29.2 Å². The highest BCUT2D eigenvalue weighted by molar-refractivity contribution is 6.29. The van der Waals surface area contributed by atoms with E-state index in [2.05, 4.69) is 10.3 Å². The number of aromatic nitrogens is 1. The predicted octanol–water partition coefficient (Wildman–Crippen LogP) is 2.17. The van der Waals surface area contributed by atoms with Gasteiger partial charge in [-0.05, 0) is 18.1 Å². The van der Waals surface area contributed by atoms with Gasteiger partial charge in [0, 0.05) is 12.8 Å². The third-order valence-corrected chi connectivity index (χ3v) is 2.29. The summed E-state index contributed by atoms with van der Waals surface area (Å²) in [7, 11) is 0. The number of amides is 1. The molecule has 0 aromatic carbocycles. The van der Waals surface area contributed by atoms with E-state index in [0.29, 0.717) is 10.8 Å². The lowest BCUT2D eigenvalue weighted by Crippen LogP contribution is -2.17. The Morgan fingerprint density at radius 3 is 2.71 bits per heavy atom. The highest BCUT2D eigenvalue weighted by Crippen LogP contribution is 2.12. The molecule has 0 saturated heterocycles. The number of carboxylic acid groups (broad SMARTS) is 1. The number of aliphatic carboxylic acids is 1. The van der Waals surface area contributed by atoms with E-state index in [1.165, 1.54) is 6.20 Å². The van der Waals surface area contributed by atoms with Crippen LogP contribution in [-0.4, -0.2) is 22.0 Å². The highest BCUT2D eigenvalue weighted by atomic mass is 35.5. The van der Waals surface area contributed by atoms with E-state index in [4.69, 9.17) is 16.7 Å². The first kappa shape index (κ1) is 13.4. The van der Waals surface area contributed by atoms with Crippen LogP contribution in [0.4, 0.5) is 5.69 Å². The molecule has 1 aromatic heterocycles. The minimum Gasteiger partial charge on any atom is -0.481 e. The fraction of sp³-hybridized carbons (Fsp3) is 0.364. The van der Waals surface area contributed by atoms with Gasteiger partial charge in [0.2, 0.25) is 5.91 Å². The van der Waals surface area contributed by atoms with Crippen LogP contribution < -0.4 is 5.32 Å². The highest BCUT2D eigenvalue weighted by Gasteiger charge is 2.12. The van der Waals surface area contributed by atoms with Crippen LogP contribution in [0.25, 0.3) is 0 Å². The molecule has 1 rings (SSSR count). The minimum absolute atomic E-state index is 0.0215. The molecule has 1 unspecified atom stereocenters. The molecule has 5 nitrogen and oxygen atoms in total. The second kappa shape index (κ2) is 6.20. The van der Waals surface area contributed by atoms with Crippen LogP contribution in [0.5, 0.6) is 0 Å². The zero-order chi connectivity index (χ0) is 12.8. The molecular formula is C11H13ClN2O3. The summed E-state index contributed by atoms with van der Waals surface area (Å²) in [5.41, 5.74) is 0.543. The number of carboxylic acids is 1. The normalized spacial score (nSPS) is 11.9. The van der Waals surface area contributed by atoms with Crippen LogP contribution in [0, 0.1) is 5.92 Å². The first-order chi connectivity index (χ1) is 7.97. The number of rotatable bonds is 5. The molecule has 0 radical (unpaired) electrons. The zero-order valence-electron chi connectivity index (χ0n) is 9.31. The molecule has 1 amide bonds. The maximum absolute atomic E-state index is 11.5. The maximum atomic E-state index is 11.5. The molecule has 0 bridgehead atoms. The average Bonchev–Trinajstić information content (AvgIpc) is 2.19. The molecule has 0 fully saturated rings. The summed E-state index contributed by atoms with van der Waals surface area (Å²) in [6.45, 7) is 1.72. The second-order valence-electron chi connectivity index (χ2n) is 3.82. The number of anilines is 1. The van der Waals surface area contributed by atoms with E-state index in [-0.39, 0.29) is 24.7 Å². The van der Waals surface area contributed by atoms with Gasteiger partial charge < -0.3 is 10.4 Å². The van der Waals surface area contributed by atoms with Gasteiger partial charge >= 0.3 is 5.97 Å². The predicted molar refractivity (Wildman–Crippen MR) is 63.9 cm³/mol. The second-order valence-corrected chi connectivity index (χ2v) is 4.21. The van der Waals surface area contributed by atoms with Gasteiger partial charge in [-0.25, -0.2) is 4.98 Å². The lowest BCUT2D eigenvalue weighted by atomic mass is 10.0. The van der Waals surface area contributed by atoms with Crippen molar-refractivity contribution in [2.24, 2.45) is 5.92 Å². The van der Waals surface area contributed by atoms with E-state index in [1.54, 1.807) is 19.1 Å². The van der Waals surface area contributed by atoms with Gasteiger partial charge in [0.25, 0.3) is 0 Å². The standard InChI is InChI=1S/C11H13ClN2O3/c1-7(5-11(16)17)4-10(15)14-8-2-3-9(12)13-6-8/h2-3,6-7H,4-5H2,1H3,(H,14,15)(H,16,17). The SMILES string of the molecule is CC(CC(=O)O)CC(=O)Nc1ccc(Cl)nc1. The van der Waals surface area contributed by atoms with Gasteiger partial charge in [-0.1, -0.05) is 18.5 Å². The smallest absolute Gasteiger partial charge is 0.303 e. The summed E-state index contributed by atoms with van der Waals surface area (Å²) >= 11 is 5.60. The van der Waals surface area contributed by atoms with Gasteiger partial charge in [-0.15, -0.1) is 0 Å². The first-order valence-electron chi connectivity index (χ1n) is 5.10. The van der Waals surface area contributed by atoms with E-state index in [1.807, 2.05) is 0 Å². The van der Waals surface area contributed by atoms with Gasteiger partial charge in [-0.2, -0.15) is 0 Å². The molecule has 0 spiro atoms. The van der Waals surface area contributed by atoms with Crippen LogP contribution in [0.3, 0.4) is 0 Å². The van der Waals surface area contributed by atoms with Crippen LogP contribution >= 0.6 is 11.6 Å². The third-order valence-electron chi connectivity index (χ3n) is 2.07. The van der Waals surface area contributed by atoms with E-state index >= 15 is 0 Å². The van der Waals surface area contributed by atoms with Gasteiger partial charge in [0.05, 0.1) is 11.9 Å². The Hall–Kier alpha value is -1.62. The topological polar surface area (TPSA) is 79.3 Å². The van der Waals surface area contributed by atoms with Crippen molar-refractivity contribution in [2.75, 3.05) is 5.32 Å². The number of hydrogen-bond acceptors (Lipinski definition) is 3. The summed E-state index contributed by atoms with van der Waals surface area (Å²) in [6, 6.07) is 3.20.